The Kier molecular flexibility index (Phi) is 2.04. The second-order valence-corrected chi connectivity index (χ2v) is 3.39. The van der Waals surface area contributed by atoms with Crippen LogP contribution in [-0.4, -0.2) is 10.2 Å². The van der Waals surface area contributed by atoms with Gasteiger partial charge in [-0.15, -0.1) is 0 Å². The van der Waals surface area contributed by atoms with E-state index in [0.717, 1.165) is 12.1 Å². The summed E-state index contributed by atoms with van der Waals surface area (Å²) in [4.78, 5) is 0. The van der Waals surface area contributed by atoms with Crippen LogP contribution in [0.4, 0.5) is 19.0 Å². The third-order valence-electron chi connectivity index (χ3n) is 1.97. The molecule has 0 unspecified atom stereocenters. The second kappa shape index (κ2) is 3.03. The summed E-state index contributed by atoms with van der Waals surface area (Å²) in [6, 6.07) is 1.75. The number of fused-ring (bicyclic) bond motifs is 1. The van der Waals surface area contributed by atoms with Gasteiger partial charge < -0.3 is 5.73 Å². The van der Waals surface area contributed by atoms with Gasteiger partial charge in [-0.1, -0.05) is 11.6 Å². The maximum Gasteiger partial charge on any atom is 0.416 e. The Morgan fingerprint density at radius 1 is 1.33 bits per heavy atom. The first kappa shape index (κ1) is 10.1. The zero-order valence-corrected chi connectivity index (χ0v) is 7.95. The molecule has 7 heteroatoms. The summed E-state index contributed by atoms with van der Waals surface area (Å²) in [6.45, 7) is 0. The van der Waals surface area contributed by atoms with Crippen LogP contribution in [0.5, 0.6) is 0 Å². The van der Waals surface area contributed by atoms with E-state index in [0.29, 0.717) is 5.39 Å². The van der Waals surface area contributed by atoms with Crippen molar-refractivity contribution >= 4 is 28.3 Å². The summed E-state index contributed by atoms with van der Waals surface area (Å²) in [5, 5.41) is 6.21. The minimum atomic E-state index is -4.43. The highest BCUT2D eigenvalue weighted by Gasteiger charge is 2.31. The van der Waals surface area contributed by atoms with Gasteiger partial charge in [-0.3, -0.25) is 5.10 Å². The first-order valence-corrected chi connectivity index (χ1v) is 4.27. The van der Waals surface area contributed by atoms with Crippen LogP contribution in [0, 0.1) is 0 Å². The molecule has 0 radical (unpaired) electrons. The summed E-state index contributed by atoms with van der Waals surface area (Å²) < 4.78 is 37.1. The fourth-order valence-electron chi connectivity index (χ4n) is 1.30. The van der Waals surface area contributed by atoms with Crippen molar-refractivity contribution in [1.29, 1.82) is 0 Å². The highest BCUT2D eigenvalue weighted by Crippen LogP contribution is 2.35. The number of nitrogens with one attached hydrogen (secondary N) is 1. The van der Waals surface area contributed by atoms with Crippen LogP contribution in [0.2, 0.25) is 5.02 Å². The third kappa shape index (κ3) is 1.61. The molecule has 0 aliphatic heterocycles. The largest absolute Gasteiger partial charge is 0.416 e. The Balaban J connectivity index is 2.74. The quantitative estimate of drug-likeness (QED) is 0.738. The van der Waals surface area contributed by atoms with E-state index in [1.807, 2.05) is 0 Å². The monoisotopic (exact) mass is 235 g/mol. The molecule has 0 saturated carbocycles. The fraction of sp³-hybridized carbons (Fsp3) is 0.125. The second-order valence-electron chi connectivity index (χ2n) is 2.99. The number of aromatic nitrogens is 2. The van der Waals surface area contributed by atoms with Gasteiger partial charge in [0, 0.05) is 0 Å². The van der Waals surface area contributed by atoms with E-state index in [4.69, 9.17) is 17.3 Å². The standard InChI is InChI=1S/C8H5ClF3N3/c9-4-1-3(8(10,11)12)2-5-6(4)7(13)15-14-5/h1-2H,(H3,13,14,15). The lowest BCUT2D eigenvalue weighted by Crippen LogP contribution is -2.04. The van der Waals surface area contributed by atoms with Gasteiger partial charge in [0.15, 0.2) is 5.82 Å². The maximum atomic E-state index is 12.4. The molecule has 80 valence electrons. The van der Waals surface area contributed by atoms with Crippen LogP contribution in [0.3, 0.4) is 0 Å². The topological polar surface area (TPSA) is 54.7 Å². The number of nitrogen functional groups attached to an aromatic ring is 1. The van der Waals surface area contributed by atoms with E-state index >= 15 is 0 Å². The smallest absolute Gasteiger partial charge is 0.382 e. The van der Waals surface area contributed by atoms with Crippen molar-refractivity contribution in [2.24, 2.45) is 0 Å². The van der Waals surface area contributed by atoms with Crippen molar-refractivity contribution in [1.82, 2.24) is 10.2 Å². The van der Waals surface area contributed by atoms with Crippen molar-refractivity contribution < 1.29 is 13.2 Å². The van der Waals surface area contributed by atoms with E-state index in [-0.39, 0.29) is 16.4 Å². The van der Waals surface area contributed by atoms with Crippen molar-refractivity contribution in [3.05, 3.63) is 22.7 Å². The molecule has 2 rings (SSSR count). The number of rotatable bonds is 0. The minimum absolute atomic E-state index is 0.0638. The summed E-state index contributed by atoms with van der Waals surface area (Å²) in [7, 11) is 0. The Bertz CT molecular complexity index is 518. The molecule has 0 aliphatic rings. The number of hydrogen-bond acceptors (Lipinski definition) is 2. The summed E-state index contributed by atoms with van der Waals surface area (Å²) in [5.41, 5.74) is 4.77. The van der Waals surface area contributed by atoms with Gasteiger partial charge in [-0.25, -0.2) is 0 Å². The first-order valence-electron chi connectivity index (χ1n) is 3.90. The number of nitrogens with two attached hydrogens (primary N) is 1. The van der Waals surface area contributed by atoms with Crippen molar-refractivity contribution in [3.63, 3.8) is 0 Å². The van der Waals surface area contributed by atoms with Crippen LogP contribution >= 0.6 is 11.6 Å². The zero-order valence-electron chi connectivity index (χ0n) is 7.19. The summed E-state index contributed by atoms with van der Waals surface area (Å²) in [5.74, 6) is 0.0868. The molecule has 2 aromatic rings. The van der Waals surface area contributed by atoms with Gasteiger partial charge in [0.2, 0.25) is 0 Å². The number of anilines is 1. The summed E-state index contributed by atoms with van der Waals surface area (Å²) >= 11 is 5.67. The molecule has 1 aromatic heterocycles. The lowest BCUT2D eigenvalue weighted by atomic mass is 10.1. The molecule has 15 heavy (non-hydrogen) atoms. The van der Waals surface area contributed by atoms with Crippen LogP contribution in [-0.2, 0) is 6.18 Å². The van der Waals surface area contributed by atoms with Crippen LogP contribution in [0.25, 0.3) is 10.9 Å². The number of nitrogens with zero attached hydrogens (tertiary/aromatic N) is 1. The molecule has 3 nitrogen and oxygen atoms in total. The number of hydrogen-bond donors (Lipinski definition) is 2. The number of H-pyrrole nitrogens is 1. The van der Waals surface area contributed by atoms with E-state index in [2.05, 4.69) is 10.2 Å². The normalized spacial score (nSPS) is 12.3. The fourth-order valence-corrected chi connectivity index (χ4v) is 1.61. The van der Waals surface area contributed by atoms with E-state index in [1.54, 1.807) is 0 Å². The minimum Gasteiger partial charge on any atom is -0.382 e. The highest BCUT2D eigenvalue weighted by molar-refractivity contribution is 6.36. The number of halogens is 4. The van der Waals surface area contributed by atoms with Gasteiger partial charge in [-0.2, -0.15) is 18.3 Å². The van der Waals surface area contributed by atoms with Crippen molar-refractivity contribution in [2.75, 3.05) is 5.73 Å². The lowest BCUT2D eigenvalue weighted by molar-refractivity contribution is -0.137. The number of alkyl halides is 3. The van der Waals surface area contributed by atoms with Crippen LogP contribution in [0.1, 0.15) is 5.56 Å². The van der Waals surface area contributed by atoms with Gasteiger partial charge in [0.25, 0.3) is 0 Å². The van der Waals surface area contributed by atoms with Gasteiger partial charge >= 0.3 is 6.18 Å². The highest BCUT2D eigenvalue weighted by atomic mass is 35.5. The molecular weight excluding hydrogens is 231 g/mol. The van der Waals surface area contributed by atoms with Crippen LogP contribution in [0.15, 0.2) is 12.1 Å². The zero-order chi connectivity index (χ0) is 11.2. The third-order valence-corrected chi connectivity index (χ3v) is 2.27. The maximum absolute atomic E-state index is 12.4. The van der Waals surface area contributed by atoms with E-state index in [9.17, 15) is 13.2 Å². The Morgan fingerprint density at radius 2 is 2.00 bits per heavy atom. The molecule has 0 fully saturated rings. The molecule has 3 N–H and O–H groups in total. The predicted octanol–water partition coefficient (Wildman–Crippen LogP) is 2.82. The Labute approximate surface area is 87.0 Å². The SMILES string of the molecule is Nc1n[nH]c2cc(C(F)(F)F)cc(Cl)c12. The molecule has 0 bridgehead atoms. The Hall–Kier alpha value is -1.43. The molecule has 0 amide bonds. The molecule has 1 aromatic carbocycles. The van der Waals surface area contributed by atoms with Gasteiger partial charge in [0.05, 0.1) is 21.5 Å². The first-order chi connectivity index (χ1) is 6.89. The number of aromatic amines is 1. The molecule has 0 atom stereocenters. The average molecular weight is 236 g/mol. The molecule has 1 heterocycles. The van der Waals surface area contributed by atoms with Crippen molar-refractivity contribution in [3.8, 4) is 0 Å². The lowest BCUT2D eigenvalue weighted by Gasteiger charge is -2.07. The van der Waals surface area contributed by atoms with Crippen molar-refractivity contribution in [2.45, 2.75) is 6.18 Å². The molecule has 0 spiro atoms. The molecule has 0 saturated heterocycles. The summed E-state index contributed by atoms with van der Waals surface area (Å²) in [6.07, 6.45) is -4.43. The van der Waals surface area contributed by atoms with Gasteiger partial charge in [-0.05, 0) is 12.1 Å². The predicted molar refractivity (Wildman–Crippen MR) is 50.5 cm³/mol. The molecule has 0 aliphatic carbocycles. The Morgan fingerprint density at radius 3 is 2.60 bits per heavy atom. The van der Waals surface area contributed by atoms with E-state index < -0.39 is 11.7 Å². The van der Waals surface area contributed by atoms with Crippen LogP contribution < -0.4 is 5.73 Å². The van der Waals surface area contributed by atoms with Gasteiger partial charge in [0.1, 0.15) is 0 Å². The van der Waals surface area contributed by atoms with E-state index in [1.165, 1.54) is 0 Å². The molecular formula is C8H5ClF3N3. The number of benzene rings is 1. The average Bonchev–Trinajstić information content (AvgIpc) is 2.46.